The Morgan fingerprint density at radius 3 is 2.64 bits per heavy atom. The molecule has 1 aromatic carbocycles. The van der Waals surface area contributed by atoms with Crippen molar-refractivity contribution >= 4 is 36.4 Å². The monoisotopic (exact) mass is 297 g/mol. The van der Waals surface area contributed by atoms with Crippen molar-refractivity contribution in [3.05, 3.63) is 24.3 Å². The highest BCUT2D eigenvalue weighted by atomic mass is 16.2. The molecule has 2 aromatic rings. The summed E-state index contributed by atoms with van der Waals surface area (Å²) in [5, 5.41) is 4.17. The van der Waals surface area contributed by atoms with Gasteiger partial charge in [-0.2, -0.15) is 4.98 Å². The summed E-state index contributed by atoms with van der Waals surface area (Å²) in [6, 6.07) is 7.98. The number of amides is 1. The first-order valence-electron chi connectivity index (χ1n) is 7.70. The fourth-order valence-corrected chi connectivity index (χ4v) is 2.78. The summed E-state index contributed by atoms with van der Waals surface area (Å²) in [7, 11) is 3.77. The number of nitrogens with zero attached hydrogens (tertiary/aromatic N) is 4. The molecule has 0 bridgehead atoms. The van der Waals surface area contributed by atoms with Crippen LogP contribution in [0.25, 0.3) is 10.9 Å². The van der Waals surface area contributed by atoms with Crippen LogP contribution in [0.1, 0.15) is 0 Å². The van der Waals surface area contributed by atoms with Gasteiger partial charge in [0, 0.05) is 38.6 Å². The molecule has 22 heavy (non-hydrogen) atoms. The molecule has 1 aliphatic rings. The Bertz CT molecular complexity index is 685. The molecule has 2 heterocycles. The van der Waals surface area contributed by atoms with Crippen molar-refractivity contribution in [2.24, 2.45) is 0 Å². The molecule has 0 unspecified atom stereocenters. The number of carbonyl (C=O) groups excluding carboxylic acids is 1. The fourth-order valence-electron chi connectivity index (χ4n) is 2.78. The number of hydrogen-bond donors (Lipinski definition) is 1. The maximum Gasteiger partial charge on any atom is 0.228 e. The van der Waals surface area contributed by atoms with Crippen molar-refractivity contribution in [3.63, 3.8) is 0 Å². The first kappa shape index (κ1) is 14.6. The number of nitrogens with one attached hydrogen (secondary N) is 1. The molecule has 3 rings (SSSR count). The molecule has 1 saturated heterocycles. The Labute approximate surface area is 130 Å². The third kappa shape index (κ3) is 2.71. The van der Waals surface area contributed by atoms with Gasteiger partial charge >= 0.3 is 0 Å². The zero-order valence-electron chi connectivity index (χ0n) is 13.0. The van der Waals surface area contributed by atoms with Gasteiger partial charge in [0.15, 0.2) is 0 Å². The van der Waals surface area contributed by atoms with Crippen molar-refractivity contribution < 1.29 is 4.79 Å². The molecule has 0 spiro atoms. The number of rotatable bonds is 3. The molecular formula is C15H20BN5O. The standard InChI is InChI=1S/C15H20BN5O/c1-17-14-11-4-2-3-5-12(11)18-15(19-14)21-8-6-20(7-9-21)13(22)10-16/h2-5H,6-10,16H2,1H3,(H,17,18,19). The SMILES string of the molecule is BCC(=O)N1CCN(c2nc(NC)c3ccccc3n2)CC1. The van der Waals surface area contributed by atoms with Crippen LogP contribution in [0.2, 0.25) is 6.32 Å². The topological polar surface area (TPSA) is 61.4 Å². The van der Waals surface area contributed by atoms with E-state index in [1.807, 2.05) is 44.1 Å². The van der Waals surface area contributed by atoms with Crippen LogP contribution in [0.15, 0.2) is 24.3 Å². The molecule has 0 saturated carbocycles. The van der Waals surface area contributed by atoms with Crippen molar-refractivity contribution in [3.8, 4) is 0 Å². The second-order valence-corrected chi connectivity index (χ2v) is 5.36. The van der Waals surface area contributed by atoms with Gasteiger partial charge in [0.2, 0.25) is 11.9 Å². The van der Waals surface area contributed by atoms with E-state index in [1.165, 1.54) is 0 Å². The lowest BCUT2D eigenvalue weighted by atomic mass is 10.0. The van der Waals surface area contributed by atoms with Gasteiger partial charge in [-0.25, -0.2) is 4.98 Å². The van der Waals surface area contributed by atoms with Crippen LogP contribution in [-0.4, -0.2) is 61.8 Å². The van der Waals surface area contributed by atoms with E-state index < -0.39 is 0 Å². The molecule has 0 radical (unpaired) electrons. The molecule has 1 aliphatic heterocycles. The van der Waals surface area contributed by atoms with E-state index in [2.05, 4.69) is 20.2 Å². The number of benzene rings is 1. The van der Waals surface area contributed by atoms with Gasteiger partial charge in [-0.3, -0.25) is 4.79 Å². The van der Waals surface area contributed by atoms with Crippen molar-refractivity contribution in [2.75, 3.05) is 43.4 Å². The number of carbonyl (C=O) groups is 1. The predicted molar refractivity (Wildman–Crippen MR) is 91.2 cm³/mol. The molecule has 1 amide bonds. The van der Waals surface area contributed by atoms with Crippen LogP contribution < -0.4 is 10.2 Å². The van der Waals surface area contributed by atoms with E-state index in [1.54, 1.807) is 0 Å². The third-order valence-corrected chi connectivity index (χ3v) is 4.05. The maximum atomic E-state index is 11.8. The van der Waals surface area contributed by atoms with Gasteiger partial charge in [-0.1, -0.05) is 12.1 Å². The van der Waals surface area contributed by atoms with Crippen LogP contribution in [-0.2, 0) is 4.79 Å². The van der Waals surface area contributed by atoms with Crippen LogP contribution in [0, 0.1) is 0 Å². The molecule has 0 aliphatic carbocycles. The van der Waals surface area contributed by atoms with E-state index >= 15 is 0 Å². The van der Waals surface area contributed by atoms with Crippen molar-refractivity contribution in [1.82, 2.24) is 14.9 Å². The van der Waals surface area contributed by atoms with Gasteiger partial charge in [0.05, 0.1) is 5.52 Å². The third-order valence-electron chi connectivity index (χ3n) is 4.05. The molecule has 6 nitrogen and oxygen atoms in total. The lowest BCUT2D eigenvalue weighted by Gasteiger charge is -2.34. The zero-order valence-corrected chi connectivity index (χ0v) is 13.0. The molecular weight excluding hydrogens is 277 g/mol. The Hall–Kier alpha value is -2.31. The van der Waals surface area contributed by atoms with E-state index in [9.17, 15) is 4.79 Å². The average Bonchev–Trinajstić information content (AvgIpc) is 2.60. The van der Waals surface area contributed by atoms with Crippen LogP contribution >= 0.6 is 0 Å². The minimum Gasteiger partial charge on any atom is -0.372 e. The second-order valence-electron chi connectivity index (χ2n) is 5.36. The Balaban J connectivity index is 1.84. The van der Waals surface area contributed by atoms with Crippen LogP contribution in [0.5, 0.6) is 0 Å². The summed E-state index contributed by atoms with van der Waals surface area (Å²) in [5.74, 6) is 1.79. The molecule has 1 aromatic heterocycles. The van der Waals surface area contributed by atoms with Gasteiger partial charge in [0.1, 0.15) is 13.7 Å². The minimum absolute atomic E-state index is 0.218. The second kappa shape index (κ2) is 6.21. The lowest BCUT2D eigenvalue weighted by molar-refractivity contribution is -0.129. The normalized spacial score (nSPS) is 15.1. The van der Waals surface area contributed by atoms with E-state index in [0.717, 1.165) is 48.8 Å². The summed E-state index contributed by atoms with van der Waals surface area (Å²) in [6.45, 7) is 3.01. The first-order chi connectivity index (χ1) is 10.7. The van der Waals surface area contributed by atoms with Gasteiger partial charge in [-0.05, 0) is 18.5 Å². The highest BCUT2D eigenvalue weighted by molar-refractivity contribution is 6.19. The first-order valence-corrected chi connectivity index (χ1v) is 7.70. The number of fused-ring (bicyclic) bond motifs is 1. The van der Waals surface area contributed by atoms with Crippen molar-refractivity contribution in [1.29, 1.82) is 0 Å². The fraction of sp³-hybridized carbons (Fsp3) is 0.400. The van der Waals surface area contributed by atoms with Gasteiger partial charge in [0.25, 0.3) is 0 Å². The smallest absolute Gasteiger partial charge is 0.228 e. The lowest BCUT2D eigenvalue weighted by Crippen LogP contribution is -2.49. The molecule has 114 valence electrons. The summed E-state index contributed by atoms with van der Waals surface area (Å²) < 4.78 is 0. The molecule has 1 N–H and O–H groups in total. The van der Waals surface area contributed by atoms with Gasteiger partial charge in [-0.15, -0.1) is 0 Å². The number of piperazine rings is 1. The Morgan fingerprint density at radius 1 is 1.23 bits per heavy atom. The number of hydrogen-bond acceptors (Lipinski definition) is 5. The summed E-state index contributed by atoms with van der Waals surface area (Å²) >= 11 is 0. The highest BCUT2D eigenvalue weighted by Gasteiger charge is 2.22. The Kier molecular flexibility index (Phi) is 4.13. The summed E-state index contributed by atoms with van der Waals surface area (Å²) in [6.07, 6.45) is 0.566. The quantitative estimate of drug-likeness (QED) is 0.830. The number of aromatic nitrogens is 2. The average molecular weight is 297 g/mol. The Morgan fingerprint density at radius 2 is 1.95 bits per heavy atom. The van der Waals surface area contributed by atoms with Crippen LogP contribution in [0.4, 0.5) is 11.8 Å². The van der Waals surface area contributed by atoms with Crippen molar-refractivity contribution in [2.45, 2.75) is 6.32 Å². The summed E-state index contributed by atoms with van der Waals surface area (Å²) in [4.78, 5) is 25.1. The summed E-state index contributed by atoms with van der Waals surface area (Å²) in [5.41, 5.74) is 0.934. The van der Waals surface area contributed by atoms with E-state index in [-0.39, 0.29) is 5.91 Å². The largest absolute Gasteiger partial charge is 0.372 e. The maximum absolute atomic E-state index is 11.8. The van der Waals surface area contributed by atoms with E-state index in [0.29, 0.717) is 6.32 Å². The van der Waals surface area contributed by atoms with Gasteiger partial charge < -0.3 is 15.1 Å². The molecule has 7 heteroatoms. The van der Waals surface area contributed by atoms with E-state index in [4.69, 9.17) is 0 Å². The number of anilines is 2. The zero-order chi connectivity index (χ0) is 15.5. The molecule has 1 fully saturated rings. The molecule has 0 atom stereocenters. The predicted octanol–water partition coefficient (Wildman–Crippen LogP) is 0.371. The number of para-hydroxylation sites is 1. The van der Waals surface area contributed by atoms with Crippen LogP contribution in [0.3, 0.4) is 0 Å². The highest BCUT2D eigenvalue weighted by Crippen LogP contribution is 2.23. The minimum atomic E-state index is 0.218.